The van der Waals surface area contributed by atoms with E-state index in [2.05, 4.69) is 10.5 Å². The van der Waals surface area contributed by atoms with E-state index in [-0.39, 0.29) is 23.5 Å². The van der Waals surface area contributed by atoms with Gasteiger partial charge in [-0.05, 0) is 44.9 Å². The van der Waals surface area contributed by atoms with Gasteiger partial charge in [-0.15, -0.1) is 0 Å². The van der Waals surface area contributed by atoms with E-state index in [1.807, 2.05) is 0 Å². The summed E-state index contributed by atoms with van der Waals surface area (Å²) in [6.07, 6.45) is 1.08. The molecule has 33 heavy (non-hydrogen) atoms. The fraction of sp³-hybridized carbons (Fsp3) is 0.478. The van der Waals surface area contributed by atoms with Crippen LogP contribution in [0.15, 0.2) is 28.8 Å². The van der Waals surface area contributed by atoms with E-state index in [1.165, 1.54) is 13.2 Å². The van der Waals surface area contributed by atoms with Crippen LogP contribution < -0.4 is 14.8 Å². The molecular weight excluding hydrogens is 430 g/mol. The van der Waals surface area contributed by atoms with E-state index in [0.29, 0.717) is 55.4 Å². The first-order valence-electron chi connectivity index (χ1n) is 10.8. The molecule has 0 radical (unpaired) electrons. The number of amides is 2. The van der Waals surface area contributed by atoms with Gasteiger partial charge in [-0.1, -0.05) is 5.16 Å². The number of nitrogens with one attached hydrogen (secondary N) is 1. The number of rotatable bonds is 8. The van der Waals surface area contributed by atoms with Crippen molar-refractivity contribution in [1.29, 1.82) is 0 Å². The Morgan fingerprint density at radius 2 is 1.91 bits per heavy atom. The number of esters is 1. The second-order valence-corrected chi connectivity index (χ2v) is 7.69. The van der Waals surface area contributed by atoms with Crippen LogP contribution in [-0.4, -0.2) is 67.8 Å². The number of hydrogen-bond acceptors (Lipinski definition) is 8. The van der Waals surface area contributed by atoms with Crippen molar-refractivity contribution in [1.82, 2.24) is 15.4 Å². The monoisotopic (exact) mass is 459 g/mol. The molecule has 10 nitrogen and oxygen atoms in total. The number of carbonyl (C=O) groups excluding carboxylic acids is 3. The maximum Gasteiger partial charge on any atom is 0.309 e. The van der Waals surface area contributed by atoms with Crippen LogP contribution in [-0.2, 0) is 14.3 Å². The molecule has 0 aliphatic carbocycles. The van der Waals surface area contributed by atoms with Gasteiger partial charge >= 0.3 is 5.97 Å². The molecular formula is C23H29N3O7. The fourth-order valence-electron chi connectivity index (χ4n) is 3.72. The molecule has 2 heterocycles. The molecule has 2 amide bonds. The van der Waals surface area contributed by atoms with Crippen LogP contribution in [0.2, 0.25) is 0 Å². The predicted octanol–water partition coefficient (Wildman–Crippen LogP) is 2.28. The third-order valence-electron chi connectivity index (χ3n) is 5.56. The summed E-state index contributed by atoms with van der Waals surface area (Å²) in [5.74, 6) is 0.295. The molecule has 1 aliphatic rings. The second-order valence-electron chi connectivity index (χ2n) is 7.69. The van der Waals surface area contributed by atoms with Crippen molar-refractivity contribution < 1.29 is 33.1 Å². The van der Waals surface area contributed by atoms with Gasteiger partial charge in [-0.3, -0.25) is 14.4 Å². The first kappa shape index (κ1) is 24.1. The van der Waals surface area contributed by atoms with Gasteiger partial charge in [-0.25, -0.2) is 0 Å². The van der Waals surface area contributed by atoms with Gasteiger partial charge in [0.05, 0.1) is 32.3 Å². The molecule has 178 valence electrons. The first-order chi connectivity index (χ1) is 15.9. The molecule has 1 aliphatic heterocycles. The highest BCUT2D eigenvalue weighted by Gasteiger charge is 2.31. The minimum atomic E-state index is -0.761. The average Bonchev–Trinajstić information content (AvgIpc) is 3.33. The lowest BCUT2D eigenvalue weighted by atomic mass is 9.96. The molecule has 3 rings (SSSR count). The van der Waals surface area contributed by atoms with Crippen LogP contribution in [0, 0.1) is 5.92 Å². The Morgan fingerprint density at radius 3 is 2.55 bits per heavy atom. The Labute approximate surface area is 192 Å². The van der Waals surface area contributed by atoms with Crippen molar-refractivity contribution in [2.24, 2.45) is 5.92 Å². The lowest BCUT2D eigenvalue weighted by Gasteiger charge is -2.32. The van der Waals surface area contributed by atoms with Crippen molar-refractivity contribution >= 4 is 17.8 Å². The van der Waals surface area contributed by atoms with E-state index < -0.39 is 11.9 Å². The standard InChI is InChI=1S/C23H29N3O7/c1-5-32-23(29)15-8-10-26(11-9-15)22(28)14(2)24-21(27)18-13-20(33-25-18)17-12-16(30-3)6-7-19(17)31-4/h6-7,12-15H,5,8-11H2,1-4H3,(H,24,27)/t14-/m1/s1. The smallest absolute Gasteiger partial charge is 0.309 e. The lowest BCUT2D eigenvalue weighted by Crippen LogP contribution is -2.50. The van der Waals surface area contributed by atoms with Crippen LogP contribution in [0.1, 0.15) is 37.2 Å². The number of carbonyl (C=O) groups is 3. The molecule has 0 spiro atoms. The van der Waals surface area contributed by atoms with Gasteiger partial charge in [0.25, 0.3) is 5.91 Å². The Bertz CT molecular complexity index is 996. The molecule has 0 bridgehead atoms. The van der Waals surface area contributed by atoms with Gasteiger partial charge in [0.2, 0.25) is 5.91 Å². The molecule has 1 aromatic heterocycles. The summed E-state index contributed by atoms with van der Waals surface area (Å²) >= 11 is 0. The van der Waals surface area contributed by atoms with Crippen LogP contribution in [0.5, 0.6) is 11.5 Å². The van der Waals surface area contributed by atoms with Gasteiger partial charge < -0.3 is 29.0 Å². The number of ether oxygens (including phenoxy) is 3. The van der Waals surface area contributed by atoms with Crippen LogP contribution in [0.3, 0.4) is 0 Å². The third kappa shape index (κ3) is 5.63. The van der Waals surface area contributed by atoms with Crippen molar-refractivity contribution in [3.63, 3.8) is 0 Å². The molecule has 0 unspecified atom stereocenters. The number of piperidine rings is 1. The number of hydrogen-bond donors (Lipinski definition) is 1. The highest BCUT2D eigenvalue weighted by atomic mass is 16.5. The zero-order valence-corrected chi connectivity index (χ0v) is 19.3. The Hall–Kier alpha value is -3.56. The third-order valence-corrected chi connectivity index (χ3v) is 5.56. The zero-order chi connectivity index (χ0) is 24.0. The number of aromatic nitrogens is 1. The van der Waals surface area contributed by atoms with Gasteiger partial charge in [0, 0.05) is 19.2 Å². The maximum atomic E-state index is 12.8. The Balaban J connectivity index is 1.60. The largest absolute Gasteiger partial charge is 0.497 e. The number of likely N-dealkylation sites (tertiary alicyclic amines) is 1. The molecule has 1 N–H and O–H groups in total. The van der Waals surface area contributed by atoms with E-state index in [9.17, 15) is 14.4 Å². The van der Waals surface area contributed by atoms with Gasteiger partial charge in [0.15, 0.2) is 11.5 Å². The van der Waals surface area contributed by atoms with E-state index in [4.69, 9.17) is 18.7 Å². The average molecular weight is 459 g/mol. The summed E-state index contributed by atoms with van der Waals surface area (Å²) < 4.78 is 21.0. The fourth-order valence-corrected chi connectivity index (χ4v) is 3.72. The summed E-state index contributed by atoms with van der Waals surface area (Å²) in [6, 6.07) is 5.90. The number of methoxy groups -OCH3 is 2. The molecule has 0 saturated carbocycles. The van der Waals surface area contributed by atoms with Crippen LogP contribution in [0.25, 0.3) is 11.3 Å². The van der Waals surface area contributed by atoms with E-state index in [0.717, 1.165) is 0 Å². The van der Waals surface area contributed by atoms with Gasteiger partial charge in [0.1, 0.15) is 17.5 Å². The first-order valence-corrected chi connectivity index (χ1v) is 10.8. The van der Waals surface area contributed by atoms with Crippen LogP contribution in [0.4, 0.5) is 0 Å². The Kier molecular flexibility index (Phi) is 7.92. The molecule has 1 fully saturated rings. The topological polar surface area (TPSA) is 120 Å². The minimum Gasteiger partial charge on any atom is -0.497 e. The highest BCUT2D eigenvalue weighted by Crippen LogP contribution is 2.33. The predicted molar refractivity (Wildman–Crippen MR) is 118 cm³/mol. The van der Waals surface area contributed by atoms with Crippen molar-refractivity contribution in [3.8, 4) is 22.8 Å². The number of benzene rings is 1. The minimum absolute atomic E-state index is 0.0375. The molecule has 1 saturated heterocycles. The van der Waals surface area contributed by atoms with Crippen molar-refractivity contribution in [2.75, 3.05) is 33.9 Å². The molecule has 10 heteroatoms. The second kappa shape index (κ2) is 10.8. The molecule has 1 aromatic carbocycles. The number of nitrogens with zero attached hydrogens (tertiary/aromatic N) is 2. The summed E-state index contributed by atoms with van der Waals surface area (Å²) in [6.45, 7) is 4.60. The Morgan fingerprint density at radius 1 is 1.18 bits per heavy atom. The molecule has 2 aromatic rings. The van der Waals surface area contributed by atoms with E-state index >= 15 is 0 Å². The highest BCUT2D eigenvalue weighted by molar-refractivity contribution is 5.96. The SMILES string of the molecule is CCOC(=O)C1CCN(C(=O)[C@@H](C)NC(=O)c2cc(-c3cc(OC)ccc3OC)on2)CC1. The summed E-state index contributed by atoms with van der Waals surface area (Å²) in [7, 11) is 3.07. The summed E-state index contributed by atoms with van der Waals surface area (Å²) in [4.78, 5) is 39.0. The maximum absolute atomic E-state index is 12.8. The van der Waals surface area contributed by atoms with Crippen LogP contribution >= 0.6 is 0 Å². The van der Waals surface area contributed by atoms with Crippen molar-refractivity contribution in [3.05, 3.63) is 30.0 Å². The molecule has 1 atom stereocenters. The van der Waals surface area contributed by atoms with Crippen molar-refractivity contribution in [2.45, 2.75) is 32.7 Å². The zero-order valence-electron chi connectivity index (χ0n) is 19.3. The normalized spacial score (nSPS) is 15.0. The van der Waals surface area contributed by atoms with Gasteiger partial charge in [-0.2, -0.15) is 0 Å². The lowest BCUT2D eigenvalue weighted by molar-refractivity contribution is -0.151. The van der Waals surface area contributed by atoms with E-state index in [1.54, 1.807) is 44.1 Å². The summed E-state index contributed by atoms with van der Waals surface area (Å²) in [5.41, 5.74) is 0.618. The summed E-state index contributed by atoms with van der Waals surface area (Å²) in [5, 5.41) is 6.50. The quantitative estimate of drug-likeness (QED) is 0.597.